The first kappa shape index (κ1) is 16.0. The molecule has 110 valence electrons. The molecule has 5 heteroatoms. The van der Waals surface area contributed by atoms with Crippen molar-refractivity contribution in [1.29, 1.82) is 0 Å². The van der Waals surface area contributed by atoms with Crippen LogP contribution in [-0.4, -0.2) is 42.4 Å². The normalized spacial score (nSPS) is 18.8. The van der Waals surface area contributed by atoms with Crippen molar-refractivity contribution < 1.29 is 9.59 Å². The van der Waals surface area contributed by atoms with E-state index in [1.54, 1.807) is 13.8 Å². The Kier molecular flexibility index (Phi) is 5.79. The van der Waals surface area contributed by atoms with Crippen LogP contribution in [0.1, 0.15) is 46.5 Å². The summed E-state index contributed by atoms with van der Waals surface area (Å²) in [5, 5.41) is 3.13. The van der Waals surface area contributed by atoms with Crippen molar-refractivity contribution in [3.63, 3.8) is 0 Å². The van der Waals surface area contributed by atoms with Gasteiger partial charge in [0.1, 0.15) is 0 Å². The van der Waals surface area contributed by atoms with Crippen molar-refractivity contribution >= 4 is 11.8 Å². The van der Waals surface area contributed by atoms with Crippen LogP contribution in [0.4, 0.5) is 0 Å². The van der Waals surface area contributed by atoms with Gasteiger partial charge < -0.3 is 16.0 Å². The third kappa shape index (κ3) is 4.82. The van der Waals surface area contributed by atoms with E-state index in [2.05, 4.69) is 5.32 Å². The monoisotopic (exact) mass is 269 g/mol. The number of hydrogen-bond acceptors (Lipinski definition) is 3. The van der Waals surface area contributed by atoms with Crippen LogP contribution in [-0.2, 0) is 9.59 Å². The summed E-state index contributed by atoms with van der Waals surface area (Å²) in [6.07, 6.45) is 4.59. The van der Waals surface area contributed by atoms with Gasteiger partial charge in [-0.3, -0.25) is 9.59 Å². The average molecular weight is 269 g/mol. The van der Waals surface area contributed by atoms with Crippen molar-refractivity contribution in [2.24, 2.45) is 11.1 Å². The average Bonchev–Trinajstić information content (AvgIpc) is 2.63. The third-order valence-electron chi connectivity index (χ3n) is 3.81. The zero-order valence-electron chi connectivity index (χ0n) is 12.4. The molecular weight excluding hydrogens is 242 g/mol. The number of rotatable bonds is 5. The molecule has 1 atom stereocenters. The fourth-order valence-corrected chi connectivity index (χ4v) is 2.15. The SMILES string of the molecule is CC(NCC(C)(C)C(N)=O)C(=O)N1CCCCCC1. The summed E-state index contributed by atoms with van der Waals surface area (Å²) < 4.78 is 0. The van der Waals surface area contributed by atoms with E-state index >= 15 is 0 Å². The second-order valence-electron chi connectivity index (χ2n) is 6.09. The molecule has 0 bridgehead atoms. The third-order valence-corrected chi connectivity index (χ3v) is 3.81. The minimum absolute atomic E-state index is 0.127. The molecule has 0 radical (unpaired) electrons. The Bertz CT molecular complexity index is 321. The smallest absolute Gasteiger partial charge is 0.239 e. The maximum absolute atomic E-state index is 12.3. The Morgan fingerprint density at radius 3 is 2.21 bits per heavy atom. The summed E-state index contributed by atoms with van der Waals surface area (Å²) in [6.45, 7) is 7.54. The maximum Gasteiger partial charge on any atom is 0.239 e. The Labute approximate surface area is 115 Å². The number of nitrogens with one attached hydrogen (secondary N) is 1. The molecule has 19 heavy (non-hydrogen) atoms. The number of hydrogen-bond donors (Lipinski definition) is 2. The zero-order chi connectivity index (χ0) is 14.5. The lowest BCUT2D eigenvalue weighted by Crippen LogP contribution is -2.49. The largest absolute Gasteiger partial charge is 0.369 e. The number of carbonyl (C=O) groups is 2. The lowest BCUT2D eigenvalue weighted by molar-refractivity contribution is -0.133. The van der Waals surface area contributed by atoms with E-state index in [1.807, 2.05) is 11.8 Å². The van der Waals surface area contributed by atoms with Crippen LogP contribution in [0, 0.1) is 5.41 Å². The Morgan fingerprint density at radius 1 is 1.21 bits per heavy atom. The van der Waals surface area contributed by atoms with E-state index < -0.39 is 5.41 Å². The van der Waals surface area contributed by atoms with Gasteiger partial charge in [-0.05, 0) is 33.6 Å². The summed E-state index contributed by atoms with van der Waals surface area (Å²) in [6, 6.07) is -0.267. The highest BCUT2D eigenvalue weighted by atomic mass is 16.2. The number of nitrogens with two attached hydrogens (primary N) is 1. The molecule has 2 amide bonds. The lowest BCUT2D eigenvalue weighted by Gasteiger charge is -2.27. The molecule has 1 unspecified atom stereocenters. The van der Waals surface area contributed by atoms with Gasteiger partial charge in [0.05, 0.1) is 11.5 Å². The van der Waals surface area contributed by atoms with Gasteiger partial charge >= 0.3 is 0 Å². The molecule has 3 N–H and O–H groups in total. The van der Waals surface area contributed by atoms with E-state index in [-0.39, 0.29) is 17.9 Å². The van der Waals surface area contributed by atoms with Gasteiger partial charge in [0.25, 0.3) is 0 Å². The summed E-state index contributed by atoms with van der Waals surface area (Å²) in [5.74, 6) is -0.225. The summed E-state index contributed by atoms with van der Waals surface area (Å²) in [5.41, 5.74) is 4.69. The van der Waals surface area contributed by atoms with Gasteiger partial charge in [-0.1, -0.05) is 12.8 Å². The van der Waals surface area contributed by atoms with Crippen LogP contribution in [0.3, 0.4) is 0 Å². The van der Waals surface area contributed by atoms with Gasteiger partial charge in [-0.2, -0.15) is 0 Å². The second-order valence-corrected chi connectivity index (χ2v) is 6.09. The fourth-order valence-electron chi connectivity index (χ4n) is 2.15. The zero-order valence-corrected chi connectivity index (χ0v) is 12.4. The topological polar surface area (TPSA) is 75.4 Å². The molecule has 0 aliphatic carbocycles. The Balaban J connectivity index is 2.45. The van der Waals surface area contributed by atoms with Crippen LogP contribution in [0.2, 0.25) is 0 Å². The molecule has 0 aromatic rings. The molecule has 5 nitrogen and oxygen atoms in total. The molecule has 0 spiro atoms. The summed E-state index contributed by atoms with van der Waals surface area (Å²) >= 11 is 0. The van der Waals surface area contributed by atoms with E-state index in [0.717, 1.165) is 25.9 Å². The molecular formula is C14H27N3O2. The second kappa shape index (κ2) is 6.89. The molecule has 0 aromatic heterocycles. The molecule has 1 rings (SSSR count). The van der Waals surface area contributed by atoms with Gasteiger partial charge in [0, 0.05) is 19.6 Å². The number of amides is 2. The highest BCUT2D eigenvalue weighted by Crippen LogP contribution is 2.14. The predicted molar refractivity (Wildman–Crippen MR) is 75.5 cm³/mol. The fraction of sp³-hybridized carbons (Fsp3) is 0.857. The minimum atomic E-state index is -0.632. The molecule has 0 saturated carbocycles. The van der Waals surface area contributed by atoms with Crippen LogP contribution >= 0.6 is 0 Å². The summed E-state index contributed by atoms with van der Waals surface area (Å²) in [7, 11) is 0. The van der Waals surface area contributed by atoms with Crippen molar-refractivity contribution in [2.45, 2.75) is 52.5 Å². The van der Waals surface area contributed by atoms with Crippen molar-refractivity contribution in [1.82, 2.24) is 10.2 Å². The quantitative estimate of drug-likeness (QED) is 0.778. The molecule has 1 aliphatic heterocycles. The van der Waals surface area contributed by atoms with E-state index in [0.29, 0.717) is 6.54 Å². The predicted octanol–water partition coefficient (Wildman–Crippen LogP) is 0.879. The van der Waals surface area contributed by atoms with Crippen LogP contribution in [0.25, 0.3) is 0 Å². The molecule has 0 aromatic carbocycles. The number of nitrogens with zero attached hydrogens (tertiary/aromatic N) is 1. The van der Waals surface area contributed by atoms with E-state index in [1.165, 1.54) is 12.8 Å². The first-order valence-electron chi connectivity index (χ1n) is 7.16. The van der Waals surface area contributed by atoms with Crippen molar-refractivity contribution in [3.8, 4) is 0 Å². The first-order chi connectivity index (χ1) is 8.84. The van der Waals surface area contributed by atoms with Crippen LogP contribution in [0.15, 0.2) is 0 Å². The summed E-state index contributed by atoms with van der Waals surface area (Å²) in [4.78, 5) is 25.5. The van der Waals surface area contributed by atoms with Crippen LogP contribution < -0.4 is 11.1 Å². The number of carbonyl (C=O) groups excluding carboxylic acids is 2. The Morgan fingerprint density at radius 2 is 1.74 bits per heavy atom. The van der Waals surface area contributed by atoms with Crippen molar-refractivity contribution in [2.75, 3.05) is 19.6 Å². The lowest BCUT2D eigenvalue weighted by atomic mass is 9.92. The highest BCUT2D eigenvalue weighted by Gasteiger charge is 2.27. The minimum Gasteiger partial charge on any atom is -0.369 e. The number of primary amides is 1. The first-order valence-corrected chi connectivity index (χ1v) is 7.16. The van der Waals surface area contributed by atoms with Gasteiger partial charge in [-0.15, -0.1) is 0 Å². The van der Waals surface area contributed by atoms with Gasteiger partial charge in [0.15, 0.2) is 0 Å². The molecule has 1 aliphatic rings. The van der Waals surface area contributed by atoms with Crippen molar-refractivity contribution in [3.05, 3.63) is 0 Å². The number of likely N-dealkylation sites (tertiary alicyclic amines) is 1. The molecule has 1 saturated heterocycles. The van der Waals surface area contributed by atoms with Gasteiger partial charge in [0.2, 0.25) is 11.8 Å². The molecule has 1 fully saturated rings. The van der Waals surface area contributed by atoms with E-state index in [9.17, 15) is 9.59 Å². The Hall–Kier alpha value is -1.10. The standard InChI is InChI=1S/C14H27N3O2/c1-11(16-10-14(2,3)13(15)19)12(18)17-8-6-4-5-7-9-17/h11,16H,4-10H2,1-3H3,(H2,15,19). The maximum atomic E-state index is 12.3. The molecule has 1 heterocycles. The highest BCUT2D eigenvalue weighted by molar-refractivity contribution is 5.82. The van der Waals surface area contributed by atoms with Gasteiger partial charge in [-0.25, -0.2) is 0 Å². The van der Waals surface area contributed by atoms with Crippen LogP contribution in [0.5, 0.6) is 0 Å². The van der Waals surface area contributed by atoms with E-state index in [4.69, 9.17) is 5.73 Å².